The zero-order valence-corrected chi connectivity index (χ0v) is 16.1. The van der Waals surface area contributed by atoms with Gasteiger partial charge in [-0.2, -0.15) is 4.31 Å². The van der Waals surface area contributed by atoms with E-state index in [1.54, 1.807) is 30.3 Å². The highest BCUT2D eigenvalue weighted by Gasteiger charge is 2.34. The molecule has 142 valence electrons. The van der Waals surface area contributed by atoms with Crippen molar-refractivity contribution < 1.29 is 13.2 Å². The van der Waals surface area contributed by atoms with Crippen LogP contribution >= 0.6 is 0 Å². The molecule has 2 aromatic rings. The van der Waals surface area contributed by atoms with E-state index in [2.05, 4.69) is 12.1 Å². The first-order valence-corrected chi connectivity index (χ1v) is 10.9. The molecule has 0 N–H and O–H groups in total. The number of fused-ring (bicyclic) bond motifs is 1. The number of rotatable bonds is 3. The van der Waals surface area contributed by atoms with Crippen molar-refractivity contribution in [2.24, 2.45) is 5.92 Å². The van der Waals surface area contributed by atoms with Crippen molar-refractivity contribution in [3.8, 4) is 0 Å². The van der Waals surface area contributed by atoms with Gasteiger partial charge in [-0.3, -0.25) is 4.79 Å². The number of carbonyl (C=O) groups is 1. The predicted molar refractivity (Wildman–Crippen MR) is 103 cm³/mol. The second-order valence-electron chi connectivity index (χ2n) is 7.27. The van der Waals surface area contributed by atoms with Crippen LogP contribution in [0.25, 0.3) is 0 Å². The number of hydrogen-bond acceptors (Lipinski definition) is 3. The second-order valence-corrected chi connectivity index (χ2v) is 9.21. The van der Waals surface area contributed by atoms with Crippen LogP contribution in [0.2, 0.25) is 0 Å². The standard InChI is InChI=1S/C21H24N2O3S/c24-21(22-13-10-17-6-4-5-7-19(17)16-22)18-11-14-23(15-12-18)27(25,26)20-8-2-1-3-9-20/h1-9,18H,10-16H2. The lowest BCUT2D eigenvalue weighted by Crippen LogP contribution is -2.45. The summed E-state index contributed by atoms with van der Waals surface area (Å²) in [5.41, 5.74) is 2.55. The second kappa shape index (κ2) is 7.44. The fourth-order valence-corrected chi connectivity index (χ4v) is 5.52. The fraction of sp³-hybridized carbons (Fsp3) is 0.381. The number of hydrogen-bond donors (Lipinski definition) is 0. The van der Waals surface area contributed by atoms with Gasteiger partial charge in [0.05, 0.1) is 4.90 Å². The van der Waals surface area contributed by atoms with Crippen molar-refractivity contribution >= 4 is 15.9 Å². The molecule has 0 aromatic heterocycles. The molecule has 2 aliphatic heterocycles. The minimum Gasteiger partial charge on any atom is -0.338 e. The first-order valence-electron chi connectivity index (χ1n) is 9.46. The van der Waals surface area contributed by atoms with Gasteiger partial charge in [0, 0.05) is 32.1 Å². The van der Waals surface area contributed by atoms with Gasteiger partial charge in [0.15, 0.2) is 0 Å². The molecule has 2 aromatic carbocycles. The third kappa shape index (κ3) is 3.64. The Balaban J connectivity index is 1.39. The minimum atomic E-state index is -3.47. The normalized spacial score (nSPS) is 18.9. The Hall–Kier alpha value is -2.18. The van der Waals surface area contributed by atoms with Crippen molar-refractivity contribution in [1.82, 2.24) is 9.21 Å². The summed E-state index contributed by atoms with van der Waals surface area (Å²) in [4.78, 5) is 15.2. The van der Waals surface area contributed by atoms with Crippen LogP contribution in [0.1, 0.15) is 24.0 Å². The predicted octanol–water partition coefficient (Wildman–Crippen LogP) is 2.67. The summed E-state index contributed by atoms with van der Waals surface area (Å²) < 4.78 is 27.0. The number of benzene rings is 2. The molecule has 2 heterocycles. The van der Waals surface area contributed by atoms with E-state index < -0.39 is 10.0 Å². The summed E-state index contributed by atoms with van der Waals surface area (Å²) in [5.74, 6) is 0.0822. The molecule has 6 heteroatoms. The molecule has 0 bridgehead atoms. The van der Waals surface area contributed by atoms with Crippen LogP contribution in [0.15, 0.2) is 59.5 Å². The SMILES string of the molecule is O=C(C1CCN(S(=O)(=O)c2ccccc2)CC1)N1CCc2ccccc2C1. The molecule has 0 saturated carbocycles. The van der Waals surface area contributed by atoms with E-state index in [4.69, 9.17) is 0 Å². The molecule has 5 nitrogen and oxygen atoms in total. The van der Waals surface area contributed by atoms with Gasteiger partial charge in [-0.25, -0.2) is 8.42 Å². The van der Waals surface area contributed by atoms with Crippen LogP contribution in [-0.4, -0.2) is 43.2 Å². The number of amides is 1. The topological polar surface area (TPSA) is 57.7 Å². The van der Waals surface area contributed by atoms with Crippen LogP contribution in [0.4, 0.5) is 0 Å². The summed E-state index contributed by atoms with van der Waals surface area (Å²) in [5, 5.41) is 0. The Morgan fingerprint density at radius 2 is 1.48 bits per heavy atom. The largest absolute Gasteiger partial charge is 0.338 e. The average molecular weight is 385 g/mol. The molecule has 0 spiro atoms. The van der Waals surface area contributed by atoms with Gasteiger partial charge in [0.2, 0.25) is 15.9 Å². The third-order valence-corrected chi connectivity index (χ3v) is 7.54. The number of nitrogens with zero attached hydrogens (tertiary/aromatic N) is 2. The molecule has 1 amide bonds. The number of piperidine rings is 1. The highest BCUT2D eigenvalue weighted by molar-refractivity contribution is 7.89. The molecule has 0 radical (unpaired) electrons. The molecule has 2 aliphatic rings. The van der Waals surface area contributed by atoms with Gasteiger partial charge in [0.25, 0.3) is 0 Å². The Morgan fingerprint density at radius 3 is 2.19 bits per heavy atom. The van der Waals surface area contributed by atoms with Crippen molar-refractivity contribution in [1.29, 1.82) is 0 Å². The molecule has 0 aliphatic carbocycles. The highest BCUT2D eigenvalue weighted by Crippen LogP contribution is 2.27. The van der Waals surface area contributed by atoms with E-state index in [1.807, 2.05) is 17.0 Å². The zero-order valence-electron chi connectivity index (χ0n) is 15.3. The Kier molecular flexibility index (Phi) is 5.02. The monoisotopic (exact) mass is 384 g/mol. The van der Waals surface area contributed by atoms with Crippen LogP contribution in [0, 0.1) is 5.92 Å². The molecule has 0 unspecified atom stereocenters. The van der Waals surface area contributed by atoms with Gasteiger partial charge in [-0.05, 0) is 42.5 Å². The van der Waals surface area contributed by atoms with E-state index >= 15 is 0 Å². The minimum absolute atomic E-state index is 0.0857. The van der Waals surface area contributed by atoms with Crippen molar-refractivity contribution in [2.75, 3.05) is 19.6 Å². The lowest BCUT2D eigenvalue weighted by atomic mass is 9.94. The summed E-state index contributed by atoms with van der Waals surface area (Å²) in [6.07, 6.45) is 2.06. The third-order valence-electron chi connectivity index (χ3n) is 5.63. The molecule has 27 heavy (non-hydrogen) atoms. The van der Waals surface area contributed by atoms with Crippen LogP contribution < -0.4 is 0 Å². The highest BCUT2D eigenvalue weighted by atomic mass is 32.2. The Labute approximate surface area is 160 Å². The van der Waals surface area contributed by atoms with E-state index in [1.165, 1.54) is 15.4 Å². The summed E-state index contributed by atoms with van der Waals surface area (Å²) in [6, 6.07) is 16.8. The van der Waals surface area contributed by atoms with Gasteiger partial charge < -0.3 is 4.90 Å². The zero-order chi connectivity index (χ0) is 18.9. The molecule has 1 saturated heterocycles. The first-order chi connectivity index (χ1) is 13.1. The smallest absolute Gasteiger partial charge is 0.243 e. The quantitative estimate of drug-likeness (QED) is 0.818. The van der Waals surface area contributed by atoms with Gasteiger partial charge in [-0.1, -0.05) is 42.5 Å². The Bertz CT molecular complexity index is 919. The lowest BCUT2D eigenvalue weighted by Gasteiger charge is -2.35. The molecule has 4 rings (SSSR count). The van der Waals surface area contributed by atoms with E-state index in [9.17, 15) is 13.2 Å². The summed E-state index contributed by atoms with van der Waals surface area (Å²) >= 11 is 0. The van der Waals surface area contributed by atoms with Gasteiger partial charge in [-0.15, -0.1) is 0 Å². The molecule has 1 fully saturated rings. The fourth-order valence-electron chi connectivity index (χ4n) is 4.03. The van der Waals surface area contributed by atoms with Crippen LogP contribution in [-0.2, 0) is 27.8 Å². The average Bonchev–Trinajstić information content (AvgIpc) is 2.73. The van der Waals surface area contributed by atoms with Crippen molar-refractivity contribution in [2.45, 2.75) is 30.7 Å². The number of carbonyl (C=O) groups excluding carboxylic acids is 1. The van der Waals surface area contributed by atoms with Crippen molar-refractivity contribution in [3.63, 3.8) is 0 Å². The van der Waals surface area contributed by atoms with Crippen LogP contribution in [0.5, 0.6) is 0 Å². The van der Waals surface area contributed by atoms with Gasteiger partial charge >= 0.3 is 0 Å². The number of sulfonamides is 1. The summed E-state index contributed by atoms with van der Waals surface area (Å²) in [6.45, 7) is 2.21. The van der Waals surface area contributed by atoms with E-state index in [0.717, 1.165) is 13.0 Å². The molecular formula is C21H24N2O3S. The lowest BCUT2D eigenvalue weighted by molar-refractivity contribution is -0.137. The van der Waals surface area contributed by atoms with E-state index in [-0.39, 0.29) is 11.8 Å². The van der Waals surface area contributed by atoms with Gasteiger partial charge in [0.1, 0.15) is 0 Å². The van der Waals surface area contributed by atoms with Crippen molar-refractivity contribution in [3.05, 3.63) is 65.7 Å². The Morgan fingerprint density at radius 1 is 0.852 bits per heavy atom. The molecular weight excluding hydrogens is 360 g/mol. The van der Waals surface area contributed by atoms with E-state index in [0.29, 0.717) is 37.4 Å². The van der Waals surface area contributed by atoms with Crippen LogP contribution in [0.3, 0.4) is 0 Å². The maximum atomic E-state index is 12.9. The maximum Gasteiger partial charge on any atom is 0.243 e. The first kappa shape index (κ1) is 18.2. The maximum absolute atomic E-state index is 12.9. The molecule has 0 atom stereocenters. The summed E-state index contributed by atoms with van der Waals surface area (Å²) in [7, 11) is -3.47.